The first kappa shape index (κ1) is 23.2. The van der Waals surface area contributed by atoms with Crippen molar-refractivity contribution in [3.05, 3.63) is 64.6 Å². The molecule has 0 aliphatic rings. The highest BCUT2D eigenvalue weighted by molar-refractivity contribution is 14.0. The fourth-order valence-corrected chi connectivity index (χ4v) is 3.35. The molecule has 2 aromatic heterocycles. The van der Waals surface area contributed by atoms with Gasteiger partial charge in [0.05, 0.1) is 18.3 Å². The van der Waals surface area contributed by atoms with Crippen LogP contribution in [0, 0.1) is 0 Å². The quantitative estimate of drug-likeness (QED) is 0.255. The van der Waals surface area contributed by atoms with E-state index in [1.165, 1.54) is 4.88 Å². The molecule has 0 radical (unpaired) electrons. The summed E-state index contributed by atoms with van der Waals surface area (Å²) in [7, 11) is 1.93. The lowest BCUT2D eigenvalue weighted by atomic mass is 10.3. The van der Waals surface area contributed by atoms with Crippen LogP contribution in [0.3, 0.4) is 0 Å². The van der Waals surface area contributed by atoms with E-state index in [-0.39, 0.29) is 30.1 Å². The summed E-state index contributed by atoms with van der Waals surface area (Å²) in [6.45, 7) is 5.41. The van der Waals surface area contributed by atoms with Crippen LogP contribution in [0.2, 0.25) is 0 Å². The van der Waals surface area contributed by atoms with Crippen molar-refractivity contribution in [2.45, 2.75) is 32.9 Å². The molecule has 1 aromatic carbocycles. The number of hydrogen-bond acceptors (Lipinski definition) is 4. The van der Waals surface area contributed by atoms with Crippen LogP contribution < -0.4 is 15.4 Å². The molecule has 0 saturated carbocycles. The number of guanidine groups is 1. The van der Waals surface area contributed by atoms with Crippen LogP contribution >= 0.6 is 35.3 Å². The molecule has 2 heterocycles. The predicted octanol–water partition coefficient (Wildman–Crippen LogP) is 4.69. The lowest BCUT2D eigenvalue weighted by molar-refractivity contribution is 0.242. The first-order chi connectivity index (χ1) is 13.6. The minimum Gasteiger partial charge on any atom is -0.491 e. The Kier molecular flexibility index (Phi) is 9.46. The molecule has 0 unspecified atom stereocenters. The Hall–Kier alpha value is -2.07. The molecule has 3 rings (SSSR count). The van der Waals surface area contributed by atoms with E-state index in [1.54, 1.807) is 17.5 Å². The Morgan fingerprint density at radius 2 is 2.00 bits per heavy atom. The number of aryl methyl sites for hydroxylation is 1. The van der Waals surface area contributed by atoms with Gasteiger partial charge in [-0.1, -0.05) is 6.07 Å². The molecule has 0 fully saturated rings. The van der Waals surface area contributed by atoms with Crippen molar-refractivity contribution < 1.29 is 4.74 Å². The molecule has 6 nitrogen and oxygen atoms in total. The van der Waals surface area contributed by atoms with Gasteiger partial charge in [-0.15, -0.1) is 35.3 Å². The van der Waals surface area contributed by atoms with Crippen molar-refractivity contribution in [3.63, 3.8) is 0 Å². The Morgan fingerprint density at radius 3 is 2.62 bits per heavy atom. The van der Waals surface area contributed by atoms with Gasteiger partial charge in [0, 0.05) is 30.4 Å². The molecule has 3 aromatic rings. The van der Waals surface area contributed by atoms with E-state index in [9.17, 15) is 0 Å². The first-order valence-corrected chi connectivity index (χ1v) is 10.3. The third-order valence-corrected chi connectivity index (χ3v) is 4.99. The van der Waals surface area contributed by atoms with Crippen LogP contribution in [0.5, 0.6) is 5.75 Å². The number of hydrogen-bond donors (Lipinski definition) is 2. The number of halogens is 1. The maximum Gasteiger partial charge on any atom is 0.196 e. The molecule has 29 heavy (non-hydrogen) atoms. The molecule has 0 bridgehead atoms. The van der Waals surface area contributed by atoms with Crippen LogP contribution in [0.25, 0.3) is 0 Å². The van der Waals surface area contributed by atoms with Gasteiger partial charge in [0.15, 0.2) is 5.96 Å². The molecule has 0 saturated heterocycles. The second-order valence-corrected chi connectivity index (χ2v) is 7.72. The van der Waals surface area contributed by atoms with Gasteiger partial charge in [-0.2, -0.15) is 5.10 Å². The topological polar surface area (TPSA) is 63.5 Å². The standard InChI is InChI=1S/C21H27N5OS.HI/c1-16(2)27-19-8-6-17(7-9-19)25-21(22-12-11-20-5-4-14-28-20)23-15-18-10-13-24-26(18)3;/h4-10,13-14,16H,11-12,15H2,1-3H3,(H2,22,23,25);1H. The van der Waals surface area contributed by atoms with E-state index in [1.807, 2.05) is 55.9 Å². The molecule has 0 aliphatic heterocycles. The van der Waals surface area contributed by atoms with E-state index < -0.39 is 0 Å². The van der Waals surface area contributed by atoms with Gasteiger partial charge in [0.2, 0.25) is 0 Å². The highest BCUT2D eigenvalue weighted by Crippen LogP contribution is 2.17. The molecule has 0 atom stereocenters. The average molecular weight is 525 g/mol. The second-order valence-electron chi connectivity index (χ2n) is 6.68. The fourth-order valence-electron chi connectivity index (χ4n) is 2.64. The van der Waals surface area contributed by atoms with Crippen LogP contribution in [0.4, 0.5) is 5.69 Å². The van der Waals surface area contributed by atoms with Crippen LogP contribution in [-0.4, -0.2) is 28.4 Å². The second kappa shape index (κ2) is 11.8. The van der Waals surface area contributed by atoms with E-state index in [0.717, 1.165) is 36.1 Å². The van der Waals surface area contributed by atoms with Crippen molar-refractivity contribution in [3.8, 4) is 5.75 Å². The van der Waals surface area contributed by atoms with E-state index in [4.69, 9.17) is 9.73 Å². The predicted molar refractivity (Wildman–Crippen MR) is 132 cm³/mol. The van der Waals surface area contributed by atoms with E-state index in [2.05, 4.69) is 33.2 Å². The summed E-state index contributed by atoms with van der Waals surface area (Å²) in [6, 6.07) is 14.1. The number of nitrogens with zero attached hydrogens (tertiary/aromatic N) is 3. The number of rotatable bonds is 8. The van der Waals surface area contributed by atoms with Crippen LogP contribution in [-0.2, 0) is 20.0 Å². The lowest BCUT2D eigenvalue weighted by Crippen LogP contribution is -2.32. The molecule has 0 amide bonds. The number of benzene rings is 1. The minimum atomic E-state index is 0. The molecule has 8 heteroatoms. The first-order valence-electron chi connectivity index (χ1n) is 9.41. The van der Waals surface area contributed by atoms with Gasteiger partial charge in [-0.05, 0) is 62.0 Å². The number of ether oxygens (including phenoxy) is 1. The summed E-state index contributed by atoms with van der Waals surface area (Å²) in [5, 5.41) is 13.1. The van der Waals surface area contributed by atoms with Gasteiger partial charge in [-0.25, -0.2) is 4.99 Å². The molecular weight excluding hydrogens is 497 g/mol. The van der Waals surface area contributed by atoms with Gasteiger partial charge in [0.25, 0.3) is 0 Å². The van der Waals surface area contributed by atoms with E-state index in [0.29, 0.717) is 6.54 Å². The summed E-state index contributed by atoms with van der Waals surface area (Å²) < 4.78 is 7.55. The zero-order valence-corrected chi connectivity index (χ0v) is 20.1. The monoisotopic (exact) mass is 525 g/mol. The van der Waals surface area contributed by atoms with Gasteiger partial charge in [-0.3, -0.25) is 4.68 Å². The highest BCUT2D eigenvalue weighted by atomic mass is 127. The largest absolute Gasteiger partial charge is 0.491 e. The normalized spacial score (nSPS) is 11.2. The van der Waals surface area contributed by atoms with Crippen molar-refractivity contribution >= 4 is 47.0 Å². The number of aliphatic imine (C=N–C) groups is 1. The smallest absolute Gasteiger partial charge is 0.196 e. The summed E-state index contributed by atoms with van der Waals surface area (Å²) in [5.74, 6) is 1.61. The zero-order valence-electron chi connectivity index (χ0n) is 17.0. The maximum absolute atomic E-state index is 5.71. The van der Waals surface area contributed by atoms with Crippen molar-refractivity contribution in [1.29, 1.82) is 0 Å². The lowest BCUT2D eigenvalue weighted by Gasteiger charge is -2.14. The molecular formula is C21H28IN5OS. The van der Waals surface area contributed by atoms with Gasteiger partial charge >= 0.3 is 0 Å². The zero-order chi connectivity index (χ0) is 19.8. The molecule has 0 spiro atoms. The van der Waals surface area contributed by atoms with E-state index >= 15 is 0 Å². The molecule has 0 aliphatic carbocycles. The third kappa shape index (κ3) is 7.69. The van der Waals surface area contributed by atoms with Gasteiger partial charge < -0.3 is 15.4 Å². The van der Waals surface area contributed by atoms with Crippen molar-refractivity contribution in [2.75, 3.05) is 11.9 Å². The maximum atomic E-state index is 5.71. The van der Waals surface area contributed by atoms with Crippen LogP contribution in [0.1, 0.15) is 24.4 Å². The minimum absolute atomic E-state index is 0. The average Bonchev–Trinajstić information content (AvgIpc) is 3.32. The number of thiophene rings is 1. The van der Waals surface area contributed by atoms with Crippen molar-refractivity contribution in [2.24, 2.45) is 12.0 Å². The molecule has 2 N–H and O–H groups in total. The van der Waals surface area contributed by atoms with Gasteiger partial charge in [0.1, 0.15) is 5.75 Å². The van der Waals surface area contributed by atoms with Crippen LogP contribution in [0.15, 0.2) is 59.0 Å². The Labute approximate surface area is 193 Å². The molecule has 156 valence electrons. The summed E-state index contributed by atoms with van der Waals surface area (Å²) in [4.78, 5) is 6.07. The number of anilines is 1. The SMILES string of the molecule is CC(C)Oc1ccc(NC(=NCc2ccnn2C)NCCc2cccs2)cc1.I. The highest BCUT2D eigenvalue weighted by Gasteiger charge is 2.04. The fraction of sp³-hybridized carbons (Fsp3) is 0.333. The third-order valence-electron chi connectivity index (χ3n) is 4.05. The Bertz CT molecular complexity index is 875. The summed E-state index contributed by atoms with van der Waals surface area (Å²) in [5.41, 5.74) is 2.02. The summed E-state index contributed by atoms with van der Waals surface area (Å²) >= 11 is 1.77. The Balaban J connectivity index is 0.00000300. The summed E-state index contributed by atoms with van der Waals surface area (Å²) in [6.07, 6.45) is 2.91. The Morgan fingerprint density at radius 1 is 1.21 bits per heavy atom. The number of nitrogens with one attached hydrogen (secondary N) is 2. The van der Waals surface area contributed by atoms with Crippen molar-refractivity contribution in [1.82, 2.24) is 15.1 Å². The number of aromatic nitrogens is 2.